The van der Waals surface area contributed by atoms with Crippen LogP contribution in [0.1, 0.15) is 0 Å². The molecule has 9 rings (SSSR count). The maximum Gasteiger partial charge on any atom is 0.136 e. The predicted molar refractivity (Wildman–Crippen MR) is 202 cm³/mol. The van der Waals surface area contributed by atoms with Crippen molar-refractivity contribution in [3.8, 4) is 33.4 Å². The summed E-state index contributed by atoms with van der Waals surface area (Å²) >= 11 is 0. The van der Waals surface area contributed by atoms with Gasteiger partial charge in [0.15, 0.2) is 0 Å². The van der Waals surface area contributed by atoms with Crippen LogP contribution in [0.15, 0.2) is 192 Å². The average Bonchev–Trinajstić information content (AvgIpc) is 3.54. The lowest BCUT2D eigenvalue weighted by molar-refractivity contribution is 0.669. The SMILES string of the molecule is c1ccc(N(c2ccc(-c3ccc(-c4ccc5ccccc5c4)cc3)cc2)c2ccccc2-c2ccc3c(c2)oc2ccccc23)cc1. The molecule has 0 amide bonds. The summed E-state index contributed by atoms with van der Waals surface area (Å²) in [5.74, 6) is 0. The molecule has 9 aromatic rings. The molecule has 0 atom stereocenters. The van der Waals surface area contributed by atoms with Gasteiger partial charge in [-0.15, -0.1) is 0 Å². The number of para-hydroxylation sites is 3. The Morgan fingerprint density at radius 3 is 1.71 bits per heavy atom. The maximum atomic E-state index is 6.28. The van der Waals surface area contributed by atoms with E-state index in [0.717, 1.165) is 50.1 Å². The molecule has 226 valence electrons. The molecule has 0 unspecified atom stereocenters. The first-order chi connectivity index (χ1) is 23.8. The molecule has 0 N–H and O–H groups in total. The van der Waals surface area contributed by atoms with Crippen LogP contribution < -0.4 is 4.90 Å². The summed E-state index contributed by atoms with van der Waals surface area (Å²) in [6.45, 7) is 0. The van der Waals surface area contributed by atoms with E-state index in [1.165, 1.54) is 33.0 Å². The van der Waals surface area contributed by atoms with Gasteiger partial charge in [-0.25, -0.2) is 0 Å². The molecule has 2 heteroatoms. The van der Waals surface area contributed by atoms with Crippen LogP contribution in [-0.4, -0.2) is 0 Å². The topological polar surface area (TPSA) is 16.4 Å². The van der Waals surface area contributed by atoms with Crippen molar-refractivity contribution >= 4 is 49.8 Å². The standard InChI is InChI=1S/C46H31NO/c1-2-12-39(13-3-1)47(44-16-8-6-14-41(44)38-26-29-43-42-15-7-9-17-45(42)48-46(43)31-38)40-27-24-34(25-28-40)33-18-20-35(21-19-33)37-23-22-32-10-4-5-11-36(32)30-37/h1-31H. The summed E-state index contributed by atoms with van der Waals surface area (Å²) in [5, 5.41) is 4.79. The minimum atomic E-state index is 0.894. The van der Waals surface area contributed by atoms with Crippen molar-refractivity contribution in [3.05, 3.63) is 188 Å². The third kappa shape index (κ3) is 5.01. The second-order valence-corrected chi connectivity index (χ2v) is 12.2. The van der Waals surface area contributed by atoms with Gasteiger partial charge < -0.3 is 9.32 Å². The van der Waals surface area contributed by atoms with E-state index in [1.54, 1.807) is 0 Å². The Hall–Kier alpha value is -6.38. The highest BCUT2D eigenvalue weighted by Crippen LogP contribution is 2.42. The lowest BCUT2D eigenvalue weighted by Gasteiger charge is -2.28. The van der Waals surface area contributed by atoms with Gasteiger partial charge >= 0.3 is 0 Å². The molecule has 0 radical (unpaired) electrons. The Morgan fingerprint density at radius 1 is 0.333 bits per heavy atom. The third-order valence-electron chi connectivity index (χ3n) is 9.28. The van der Waals surface area contributed by atoms with Gasteiger partial charge in [0, 0.05) is 27.7 Å². The molecule has 2 nitrogen and oxygen atoms in total. The van der Waals surface area contributed by atoms with E-state index in [4.69, 9.17) is 4.42 Å². The van der Waals surface area contributed by atoms with Gasteiger partial charge in [-0.05, 0) is 93.2 Å². The van der Waals surface area contributed by atoms with Gasteiger partial charge in [-0.3, -0.25) is 0 Å². The molecule has 0 bridgehead atoms. The second-order valence-electron chi connectivity index (χ2n) is 12.2. The summed E-state index contributed by atoms with van der Waals surface area (Å²) in [7, 11) is 0. The first-order valence-corrected chi connectivity index (χ1v) is 16.3. The second kappa shape index (κ2) is 11.8. The van der Waals surface area contributed by atoms with Crippen LogP contribution >= 0.6 is 0 Å². The predicted octanol–water partition coefficient (Wildman–Crippen LogP) is 13.2. The smallest absolute Gasteiger partial charge is 0.136 e. The molecule has 0 saturated carbocycles. The van der Waals surface area contributed by atoms with E-state index in [2.05, 4.69) is 181 Å². The molecule has 0 aliphatic rings. The van der Waals surface area contributed by atoms with Crippen LogP contribution in [0.4, 0.5) is 17.1 Å². The number of anilines is 3. The van der Waals surface area contributed by atoms with Gasteiger partial charge in [0.2, 0.25) is 0 Å². The number of rotatable bonds is 6. The molecule has 0 aliphatic heterocycles. The van der Waals surface area contributed by atoms with E-state index < -0.39 is 0 Å². The Bertz CT molecular complexity index is 2540. The van der Waals surface area contributed by atoms with Crippen molar-refractivity contribution in [1.82, 2.24) is 0 Å². The van der Waals surface area contributed by atoms with Crippen molar-refractivity contribution in [2.24, 2.45) is 0 Å². The highest BCUT2D eigenvalue weighted by Gasteiger charge is 2.18. The quantitative estimate of drug-likeness (QED) is 0.185. The molecule has 8 aromatic carbocycles. The normalized spacial score (nSPS) is 11.3. The number of fused-ring (bicyclic) bond motifs is 4. The molecule has 48 heavy (non-hydrogen) atoms. The number of hydrogen-bond donors (Lipinski definition) is 0. The number of furan rings is 1. The monoisotopic (exact) mass is 613 g/mol. The average molecular weight is 614 g/mol. The third-order valence-corrected chi connectivity index (χ3v) is 9.28. The molecule has 0 fully saturated rings. The maximum absolute atomic E-state index is 6.28. The Labute approximate surface area is 279 Å². The van der Waals surface area contributed by atoms with Crippen molar-refractivity contribution in [2.45, 2.75) is 0 Å². The van der Waals surface area contributed by atoms with E-state index in [9.17, 15) is 0 Å². The van der Waals surface area contributed by atoms with Crippen LogP contribution in [0.25, 0.3) is 66.1 Å². The van der Waals surface area contributed by atoms with Gasteiger partial charge in [0.1, 0.15) is 11.2 Å². The minimum absolute atomic E-state index is 0.894. The lowest BCUT2D eigenvalue weighted by Crippen LogP contribution is -2.11. The first kappa shape index (κ1) is 27.9. The van der Waals surface area contributed by atoms with Crippen LogP contribution in [0, 0.1) is 0 Å². The molecular weight excluding hydrogens is 583 g/mol. The summed E-state index contributed by atoms with van der Waals surface area (Å²) in [5.41, 5.74) is 12.2. The van der Waals surface area contributed by atoms with E-state index in [1.807, 2.05) is 12.1 Å². The molecule has 0 saturated heterocycles. The highest BCUT2D eigenvalue weighted by atomic mass is 16.3. The van der Waals surface area contributed by atoms with Crippen molar-refractivity contribution in [3.63, 3.8) is 0 Å². The zero-order chi connectivity index (χ0) is 31.9. The molecule has 1 heterocycles. The Kier molecular flexibility index (Phi) is 6.84. The molecule has 1 aromatic heterocycles. The fourth-order valence-electron chi connectivity index (χ4n) is 6.84. The summed E-state index contributed by atoms with van der Waals surface area (Å²) in [4.78, 5) is 2.34. The minimum Gasteiger partial charge on any atom is -0.456 e. The van der Waals surface area contributed by atoms with E-state index >= 15 is 0 Å². The summed E-state index contributed by atoms with van der Waals surface area (Å²) in [6, 6.07) is 66.9. The van der Waals surface area contributed by atoms with Crippen molar-refractivity contribution < 1.29 is 4.42 Å². The van der Waals surface area contributed by atoms with E-state index in [-0.39, 0.29) is 0 Å². The molecule has 0 aliphatic carbocycles. The lowest BCUT2D eigenvalue weighted by atomic mass is 9.98. The van der Waals surface area contributed by atoms with Gasteiger partial charge in [-0.1, -0.05) is 133 Å². The van der Waals surface area contributed by atoms with Gasteiger partial charge in [-0.2, -0.15) is 0 Å². The van der Waals surface area contributed by atoms with Crippen LogP contribution in [0.2, 0.25) is 0 Å². The van der Waals surface area contributed by atoms with Crippen molar-refractivity contribution in [1.29, 1.82) is 0 Å². The first-order valence-electron chi connectivity index (χ1n) is 16.3. The summed E-state index contributed by atoms with van der Waals surface area (Å²) in [6.07, 6.45) is 0. The zero-order valence-corrected chi connectivity index (χ0v) is 26.3. The van der Waals surface area contributed by atoms with Crippen LogP contribution in [0.3, 0.4) is 0 Å². The fourth-order valence-corrected chi connectivity index (χ4v) is 6.84. The fraction of sp³-hybridized carbons (Fsp3) is 0. The van der Waals surface area contributed by atoms with Crippen molar-refractivity contribution in [2.75, 3.05) is 4.90 Å². The number of hydrogen-bond acceptors (Lipinski definition) is 2. The Morgan fingerprint density at radius 2 is 0.896 bits per heavy atom. The largest absolute Gasteiger partial charge is 0.456 e. The number of benzene rings is 8. The molecule has 0 spiro atoms. The van der Waals surface area contributed by atoms with Gasteiger partial charge in [0.25, 0.3) is 0 Å². The molecular formula is C46H31NO. The highest BCUT2D eigenvalue weighted by molar-refractivity contribution is 6.06. The number of nitrogens with zero attached hydrogens (tertiary/aromatic N) is 1. The summed E-state index contributed by atoms with van der Waals surface area (Å²) < 4.78 is 6.28. The van der Waals surface area contributed by atoms with Crippen LogP contribution in [-0.2, 0) is 0 Å². The van der Waals surface area contributed by atoms with Crippen LogP contribution in [0.5, 0.6) is 0 Å². The van der Waals surface area contributed by atoms with E-state index in [0.29, 0.717) is 0 Å². The Balaban J connectivity index is 1.07. The van der Waals surface area contributed by atoms with Gasteiger partial charge in [0.05, 0.1) is 5.69 Å². The zero-order valence-electron chi connectivity index (χ0n) is 26.3.